The van der Waals surface area contributed by atoms with Crippen molar-refractivity contribution >= 4 is 5.78 Å². The number of carbonyl (C=O) groups excluding carboxylic acids is 1. The average Bonchev–Trinajstić information content (AvgIpc) is 2.97. The van der Waals surface area contributed by atoms with Gasteiger partial charge in [0.2, 0.25) is 0 Å². The van der Waals surface area contributed by atoms with E-state index in [1.807, 2.05) is 6.92 Å². The van der Waals surface area contributed by atoms with Crippen LogP contribution in [0.1, 0.15) is 31.2 Å². The Morgan fingerprint density at radius 1 is 1.50 bits per heavy atom. The highest BCUT2D eigenvalue weighted by molar-refractivity contribution is 5.91. The molecular weight excluding hydrogens is 254 g/mol. The van der Waals surface area contributed by atoms with Gasteiger partial charge in [0.05, 0.1) is 19.3 Å². The number of hydrogen-bond donors (Lipinski definition) is 0. The van der Waals surface area contributed by atoms with Gasteiger partial charge in [0.15, 0.2) is 5.78 Å². The first-order valence-corrected chi connectivity index (χ1v) is 6.90. The molecule has 3 atom stereocenters. The molecule has 2 rings (SSSR count). The van der Waals surface area contributed by atoms with E-state index >= 15 is 0 Å². The molecule has 1 fully saturated rings. The third kappa shape index (κ3) is 2.83. The van der Waals surface area contributed by atoms with Gasteiger partial charge in [-0.1, -0.05) is 19.1 Å². The summed E-state index contributed by atoms with van der Waals surface area (Å²) in [5, 5.41) is 9.35. The van der Waals surface area contributed by atoms with Crippen LogP contribution < -0.4 is 4.74 Å². The number of Topliss-reactive ketones (excluding diaryl/α,β-unsaturated/α-hetero) is 1. The van der Waals surface area contributed by atoms with Crippen molar-refractivity contribution in [1.82, 2.24) is 0 Å². The van der Waals surface area contributed by atoms with Gasteiger partial charge in [-0.3, -0.25) is 4.79 Å². The molecule has 3 unspecified atom stereocenters. The quantitative estimate of drug-likeness (QED) is 0.827. The van der Waals surface area contributed by atoms with E-state index in [1.165, 1.54) is 0 Å². The predicted octanol–water partition coefficient (Wildman–Crippen LogP) is 2.69. The fourth-order valence-electron chi connectivity index (χ4n) is 2.69. The van der Waals surface area contributed by atoms with E-state index < -0.39 is 5.92 Å². The molecule has 4 nitrogen and oxygen atoms in total. The van der Waals surface area contributed by atoms with Gasteiger partial charge >= 0.3 is 0 Å². The van der Waals surface area contributed by atoms with Crippen LogP contribution in [0.3, 0.4) is 0 Å². The summed E-state index contributed by atoms with van der Waals surface area (Å²) in [7, 11) is 1.59. The minimum atomic E-state index is -0.721. The predicted molar refractivity (Wildman–Crippen MR) is 74.5 cm³/mol. The zero-order valence-electron chi connectivity index (χ0n) is 11.8. The summed E-state index contributed by atoms with van der Waals surface area (Å²) < 4.78 is 10.6. The second-order valence-electron chi connectivity index (χ2n) is 4.95. The first-order chi connectivity index (χ1) is 9.71. The van der Waals surface area contributed by atoms with Crippen molar-refractivity contribution in [2.24, 2.45) is 5.92 Å². The summed E-state index contributed by atoms with van der Waals surface area (Å²) in [6, 6.07) is 9.24. The van der Waals surface area contributed by atoms with Crippen molar-refractivity contribution in [3.63, 3.8) is 0 Å². The Bertz CT molecular complexity index is 503. The van der Waals surface area contributed by atoms with Crippen molar-refractivity contribution < 1.29 is 14.3 Å². The van der Waals surface area contributed by atoms with Crippen LogP contribution in [0, 0.1) is 17.2 Å². The lowest BCUT2D eigenvalue weighted by molar-refractivity contribution is -0.124. The van der Waals surface area contributed by atoms with E-state index in [-0.39, 0.29) is 17.8 Å². The van der Waals surface area contributed by atoms with Gasteiger partial charge in [-0.25, -0.2) is 0 Å². The summed E-state index contributed by atoms with van der Waals surface area (Å²) in [5.74, 6) is -0.191. The molecule has 0 bridgehead atoms. The fourth-order valence-corrected chi connectivity index (χ4v) is 2.69. The smallest absolute Gasteiger partial charge is 0.160 e. The van der Waals surface area contributed by atoms with Gasteiger partial charge < -0.3 is 9.47 Å². The zero-order valence-corrected chi connectivity index (χ0v) is 11.8. The van der Waals surface area contributed by atoms with E-state index in [0.29, 0.717) is 18.8 Å². The van der Waals surface area contributed by atoms with Crippen molar-refractivity contribution in [2.75, 3.05) is 13.7 Å². The van der Waals surface area contributed by atoms with E-state index in [1.54, 1.807) is 31.4 Å². The van der Waals surface area contributed by atoms with Gasteiger partial charge in [-0.15, -0.1) is 0 Å². The van der Waals surface area contributed by atoms with Crippen molar-refractivity contribution in [3.8, 4) is 11.8 Å². The van der Waals surface area contributed by atoms with Crippen LogP contribution in [0.4, 0.5) is 0 Å². The van der Waals surface area contributed by atoms with Crippen LogP contribution in [0.15, 0.2) is 24.3 Å². The van der Waals surface area contributed by atoms with Crippen molar-refractivity contribution in [1.29, 1.82) is 5.26 Å². The topological polar surface area (TPSA) is 59.3 Å². The average molecular weight is 273 g/mol. The molecule has 1 heterocycles. The highest BCUT2D eigenvalue weighted by Crippen LogP contribution is 2.30. The van der Waals surface area contributed by atoms with E-state index in [2.05, 4.69) is 6.07 Å². The fraction of sp³-hybridized carbons (Fsp3) is 0.500. The summed E-state index contributed by atoms with van der Waals surface area (Å²) in [6.07, 6.45) is 1.47. The lowest BCUT2D eigenvalue weighted by Gasteiger charge is -2.18. The number of ether oxygens (including phenoxy) is 2. The van der Waals surface area contributed by atoms with E-state index in [4.69, 9.17) is 9.47 Å². The Balaban J connectivity index is 2.18. The minimum absolute atomic E-state index is 0.0259. The molecule has 1 saturated heterocycles. The number of benzene rings is 1. The molecule has 106 valence electrons. The number of methoxy groups -OCH3 is 1. The highest BCUT2D eigenvalue weighted by Gasteiger charge is 2.37. The number of rotatable bonds is 5. The number of ketones is 1. The van der Waals surface area contributed by atoms with Crippen molar-refractivity contribution in [3.05, 3.63) is 29.8 Å². The monoisotopic (exact) mass is 273 g/mol. The summed E-state index contributed by atoms with van der Waals surface area (Å²) >= 11 is 0. The normalized spacial score (nSPS) is 23.1. The number of carbonyl (C=O) groups is 1. The molecule has 0 radical (unpaired) electrons. The Morgan fingerprint density at radius 2 is 2.20 bits per heavy atom. The maximum absolute atomic E-state index is 12.6. The standard InChI is InChI=1S/C16H19NO3/c1-3-15-13(8-9-20-15)16(18)14(10-17)11-4-6-12(19-2)7-5-11/h4-7,13-15H,3,8-9H2,1-2H3. The molecule has 1 aliphatic rings. The van der Waals surface area contributed by atoms with Crippen molar-refractivity contribution in [2.45, 2.75) is 31.8 Å². The molecule has 0 spiro atoms. The lowest BCUT2D eigenvalue weighted by Crippen LogP contribution is -2.28. The molecule has 4 heteroatoms. The van der Waals surface area contributed by atoms with Crippen LogP contribution in [0.5, 0.6) is 5.75 Å². The second kappa shape index (κ2) is 6.53. The molecule has 0 amide bonds. The third-order valence-electron chi connectivity index (χ3n) is 3.84. The summed E-state index contributed by atoms with van der Waals surface area (Å²) in [5.41, 5.74) is 0.722. The Morgan fingerprint density at radius 3 is 2.75 bits per heavy atom. The first-order valence-electron chi connectivity index (χ1n) is 6.90. The van der Waals surface area contributed by atoms with Gasteiger partial charge in [0.1, 0.15) is 11.7 Å². The molecule has 0 saturated carbocycles. The van der Waals surface area contributed by atoms with Crippen LogP contribution in [-0.4, -0.2) is 25.6 Å². The van der Waals surface area contributed by atoms with Gasteiger partial charge in [0, 0.05) is 12.5 Å². The van der Waals surface area contributed by atoms with Crippen LogP contribution in [0.25, 0.3) is 0 Å². The Labute approximate surface area is 119 Å². The maximum atomic E-state index is 12.6. The second-order valence-corrected chi connectivity index (χ2v) is 4.95. The molecule has 0 aliphatic carbocycles. The molecule has 20 heavy (non-hydrogen) atoms. The Hall–Kier alpha value is -1.86. The summed E-state index contributed by atoms with van der Waals surface area (Å²) in [4.78, 5) is 12.6. The van der Waals surface area contributed by atoms with E-state index in [9.17, 15) is 10.1 Å². The SMILES string of the molecule is CCC1OCCC1C(=O)C(C#N)c1ccc(OC)cc1. The van der Waals surface area contributed by atoms with E-state index in [0.717, 1.165) is 12.0 Å². The number of hydrogen-bond acceptors (Lipinski definition) is 4. The molecule has 0 aromatic heterocycles. The minimum Gasteiger partial charge on any atom is -0.497 e. The third-order valence-corrected chi connectivity index (χ3v) is 3.84. The van der Waals surface area contributed by atoms with Gasteiger partial charge in [-0.2, -0.15) is 5.26 Å². The first kappa shape index (κ1) is 14.5. The lowest BCUT2D eigenvalue weighted by atomic mass is 9.84. The molecule has 1 aromatic carbocycles. The Kier molecular flexibility index (Phi) is 4.75. The van der Waals surface area contributed by atoms with Crippen LogP contribution in [0.2, 0.25) is 0 Å². The molecule has 0 N–H and O–H groups in total. The molecule has 1 aromatic rings. The molecule has 1 aliphatic heterocycles. The highest BCUT2D eigenvalue weighted by atomic mass is 16.5. The zero-order chi connectivity index (χ0) is 14.5. The van der Waals surface area contributed by atoms with Crippen LogP contribution >= 0.6 is 0 Å². The van der Waals surface area contributed by atoms with Gasteiger partial charge in [0.25, 0.3) is 0 Å². The van der Waals surface area contributed by atoms with Crippen LogP contribution in [-0.2, 0) is 9.53 Å². The maximum Gasteiger partial charge on any atom is 0.160 e. The number of nitrogens with zero attached hydrogens (tertiary/aromatic N) is 1. The number of nitriles is 1. The molecular formula is C16H19NO3. The van der Waals surface area contributed by atoms with Gasteiger partial charge in [-0.05, 0) is 30.5 Å². The largest absolute Gasteiger partial charge is 0.497 e. The summed E-state index contributed by atoms with van der Waals surface area (Å²) in [6.45, 7) is 2.61.